The highest BCUT2D eigenvalue weighted by Crippen LogP contribution is 2.22. The standard InChI is InChI=1S/C26H28N2O3/c1-4-20-14-16-22(17-15-20)31-19(2)26(30)28(3)24-13-9-8-12-23(24)25(29)27-18-21-10-6-5-7-11-21/h5-17,19H,4,18H2,1-3H3,(H,27,29)/t19-/m1/s1. The number of carbonyl (C=O) groups is 2. The van der Waals surface area contributed by atoms with E-state index in [0.29, 0.717) is 23.5 Å². The van der Waals surface area contributed by atoms with Crippen LogP contribution in [0, 0.1) is 0 Å². The molecule has 0 spiro atoms. The Morgan fingerprint density at radius 2 is 1.55 bits per heavy atom. The number of amides is 2. The molecule has 0 aromatic heterocycles. The highest BCUT2D eigenvalue weighted by molar-refractivity contribution is 6.05. The highest BCUT2D eigenvalue weighted by Gasteiger charge is 2.24. The molecule has 0 aliphatic heterocycles. The SMILES string of the molecule is CCc1ccc(O[C@H](C)C(=O)N(C)c2ccccc2C(=O)NCc2ccccc2)cc1. The van der Waals surface area contributed by atoms with Crippen molar-refractivity contribution >= 4 is 17.5 Å². The lowest BCUT2D eigenvalue weighted by Crippen LogP contribution is -2.39. The van der Waals surface area contributed by atoms with Gasteiger partial charge in [0.1, 0.15) is 5.75 Å². The van der Waals surface area contributed by atoms with Crippen LogP contribution in [-0.2, 0) is 17.8 Å². The van der Waals surface area contributed by atoms with Crippen molar-refractivity contribution in [2.24, 2.45) is 0 Å². The van der Waals surface area contributed by atoms with E-state index in [4.69, 9.17) is 4.74 Å². The summed E-state index contributed by atoms with van der Waals surface area (Å²) in [5.41, 5.74) is 3.19. The van der Waals surface area contributed by atoms with Crippen molar-refractivity contribution in [2.45, 2.75) is 32.9 Å². The number of anilines is 1. The number of para-hydroxylation sites is 1. The van der Waals surface area contributed by atoms with E-state index in [1.165, 1.54) is 10.5 Å². The van der Waals surface area contributed by atoms with Gasteiger partial charge < -0.3 is 15.0 Å². The van der Waals surface area contributed by atoms with Gasteiger partial charge in [-0.2, -0.15) is 0 Å². The molecule has 1 N–H and O–H groups in total. The summed E-state index contributed by atoms with van der Waals surface area (Å²) in [5.74, 6) is 0.172. The molecule has 0 saturated heterocycles. The van der Waals surface area contributed by atoms with E-state index in [1.54, 1.807) is 32.2 Å². The summed E-state index contributed by atoms with van der Waals surface area (Å²) >= 11 is 0. The zero-order valence-corrected chi connectivity index (χ0v) is 18.2. The smallest absolute Gasteiger partial charge is 0.267 e. The number of aryl methyl sites for hydroxylation is 1. The van der Waals surface area contributed by atoms with E-state index in [-0.39, 0.29) is 11.8 Å². The van der Waals surface area contributed by atoms with E-state index in [1.807, 2.05) is 60.7 Å². The number of nitrogens with zero attached hydrogens (tertiary/aromatic N) is 1. The normalized spacial score (nSPS) is 11.5. The second-order valence-corrected chi connectivity index (χ2v) is 7.34. The van der Waals surface area contributed by atoms with Gasteiger partial charge in [-0.15, -0.1) is 0 Å². The van der Waals surface area contributed by atoms with E-state index >= 15 is 0 Å². The summed E-state index contributed by atoms with van der Waals surface area (Å²) in [6.45, 7) is 4.22. The van der Waals surface area contributed by atoms with Gasteiger partial charge in [-0.05, 0) is 48.7 Å². The van der Waals surface area contributed by atoms with Crippen LogP contribution in [0.3, 0.4) is 0 Å². The summed E-state index contributed by atoms with van der Waals surface area (Å²) in [6, 6.07) is 24.5. The van der Waals surface area contributed by atoms with Gasteiger partial charge in [0, 0.05) is 13.6 Å². The van der Waals surface area contributed by atoms with E-state index in [0.717, 1.165) is 12.0 Å². The third-order valence-corrected chi connectivity index (χ3v) is 5.13. The lowest BCUT2D eigenvalue weighted by atomic mass is 10.1. The number of ether oxygens (including phenoxy) is 1. The van der Waals surface area contributed by atoms with Gasteiger partial charge in [0.2, 0.25) is 0 Å². The number of likely N-dealkylation sites (N-methyl/N-ethyl adjacent to an activating group) is 1. The first-order valence-corrected chi connectivity index (χ1v) is 10.4. The molecule has 0 unspecified atom stereocenters. The molecule has 3 aromatic carbocycles. The van der Waals surface area contributed by atoms with Gasteiger partial charge in [0.25, 0.3) is 11.8 Å². The topological polar surface area (TPSA) is 58.6 Å². The molecule has 160 valence electrons. The second-order valence-electron chi connectivity index (χ2n) is 7.34. The zero-order valence-electron chi connectivity index (χ0n) is 18.2. The molecule has 5 heteroatoms. The molecule has 0 heterocycles. The van der Waals surface area contributed by atoms with Crippen molar-refractivity contribution in [2.75, 3.05) is 11.9 Å². The maximum absolute atomic E-state index is 13.0. The number of hydrogen-bond acceptors (Lipinski definition) is 3. The molecule has 1 atom stereocenters. The van der Waals surface area contributed by atoms with Crippen LogP contribution < -0.4 is 15.0 Å². The van der Waals surface area contributed by atoms with Crippen LogP contribution in [0.15, 0.2) is 78.9 Å². The van der Waals surface area contributed by atoms with Gasteiger partial charge in [-0.25, -0.2) is 0 Å². The van der Waals surface area contributed by atoms with Crippen molar-refractivity contribution < 1.29 is 14.3 Å². The molecule has 2 amide bonds. The molecule has 0 aliphatic rings. The van der Waals surface area contributed by atoms with Crippen LogP contribution >= 0.6 is 0 Å². The maximum Gasteiger partial charge on any atom is 0.267 e. The average molecular weight is 417 g/mol. The Hall–Kier alpha value is -3.60. The number of nitrogens with one attached hydrogen (secondary N) is 1. The van der Waals surface area contributed by atoms with Crippen LogP contribution in [0.25, 0.3) is 0 Å². The fourth-order valence-corrected chi connectivity index (χ4v) is 3.28. The number of hydrogen-bond donors (Lipinski definition) is 1. The largest absolute Gasteiger partial charge is 0.481 e. The molecule has 0 bridgehead atoms. The minimum absolute atomic E-state index is 0.233. The van der Waals surface area contributed by atoms with E-state index in [9.17, 15) is 9.59 Å². The molecule has 3 aromatic rings. The van der Waals surface area contributed by atoms with Crippen LogP contribution in [0.1, 0.15) is 35.3 Å². The molecule has 0 aliphatic carbocycles. The number of rotatable bonds is 8. The van der Waals surface area contributed by atoms with Gasteiger partial charge in [-0.3, -0.25) is 9.59 Å². The monoisotopic (exact) mass is 416 g/mol. The number of carbonyl (C=O) groups excluding carboxylic acids is 2. The first-order valence-electron chi connectivity index (χ1n) is 10.4. The molecular formula is C26H28N2O3. The highest BCUT2D eigenvalue weighted by atomic mass is 16.5. The summed E-state index contributed by atoms with van der Waals surface area (Å²) in [4.78, 5) is 27.3. The summed E-state index contributed by atoms with van der Waals surface area (Å²) in [6.07, 6.45) is 0.249. The minimum Gasteiger partial charge on any atom is -0.481 e. The lowest BCUT2D eigenvalue weighted by molar-refractivity contribution is -0.124. The third-order valence-electron chi connectivity index (χ3n) is 5.13. The molecule has 0 saturated carbocycles. The lowest BCUT2D eigenvalue weighted by Gasteiger charge is -2.24. The summed E-state index contributed by atoms with van der Waals surface area (Å²) in [7, 11) is 1.66. The minimum atomic E-state index is -0.696. The molecular weight excluding hydrogens is 388 g/mol. The predicted molar refractivity (Wildman–Crippen MR) is 123 cm³/mol. The average Bonchev–Trinajstić information content (AvgIpc) is 2.82. The fraction of sp³-hybridized carbons (Fsp3) is 0.231. The first-order chi connectivity index (χ1) is 15.0. The van der Waals surface area contributed by atoms with Crippen LogP contribution in [-0.4, -0.2) is 25.0 Å². The van der Waals surface area contributed by atoms with Crippen LogP contribution in [0.5, 0.6) is 5.75 Å². The van der Waals surface area contributed by atoms with Crippen molar-refractivity contribution in [3.8, 4) is 5.75 Å². The van der Waals surface area contributed by atoms with Gasteiger partial charge in [0.05, 0.1) is 11.3 Å². The predicted octanol–water partition coefficient (Wildman–Crippen LogP) is 4.61. The number of benzene rings is 3. The van der Waals surface area contributed by atoms with Crippen LogP contribution in [0.4, 0.5) is 5.69 Å². The Kier molecular flexibility index (Phi) is 7.44. The second kappa shape index (κ2) is 10.4. The zero-order chi connectivity index (χ0) is 22.2. The van der Waals surface area contributed by atoms with Crippen molar-refractivity contribution in [1.82, 2.24) is 5.32 Å². The summed E-state index contributed by atoms with van der Waals surface area (Å²) < 4.78 is 5.83. The van der Waals surface area contributed by atoms with Crippen molar-refractivity contribution in [3.63, 3.8) is 0 Å². The maximum atomic E-state index is 13.0. The Balaban J connectivity index is 1.69. The van der Waals surface area contributed by atoms with Crippen LogP contribution in [0.2, 0.25) is 0 Å². The molecule has 3 rings (SSSR count). The van der Waals surface area contributed by atoms with Gasteiger partial charge in [0.15, 0.2) is 6.10 Å². The quantitative estimate of drug-likeness (QED) is 0.583. The Bertz CT molecular complexity index is 1020. The van der Waals surface area contributed by atoms with E-state index in [2.05, 4.69) is 12.2 Å². The van der Waals surface area contributed by atoms with Gasteiger partial charge in [-0.1, -0.05) is 61.5 Å². The fourth-order valence-electron chi connectivity index (χ4n) is 3.28. The van der Waals surface area contributed by atoms with Crippen molar-refractivity contribution in [3.05, 3.63) is 95.6 Å². The Morgan fingerprint density at radius 1 is 0.903 bits per heavy atom. The summed E-state index contributed by atoms with van der Waals surface area (Å²) in [5, 5.41) is 2.92. The Labute approximate surface area is 183 Å². The van der Waals surface area contributed by atoms with E-state index < -0.39 is 6.10 Å². The molecule has 0 fully saturated rings. The Morgan fingerprint density at radius 3 is 2.23 bits per heavy atom. The van der Waals surface area contributed by atoms with Gasteiger partial charge >= 0.3 is 0 Å². The molecule has 31 heavy (non-hydrogen) atoms. The third kappa shape index (κ3) is 5.72. The first kappa shape index (κ1) is 22.1. The molecule has 0 radical (unpaired) electrons. The van der Waals surface area contributed by atoms with Crippen molar-refractivity contribution in [1.29, 1.82) is 0 Å². The molecule has 5 nitrogen and oxygen atoms in total.